The molecule has 1 amide bonds. The molecule has 1 heterocycles. The van der Waals surface area contributed by atoms with Gasteiger partial charge < -0.3 is 41.6 Å². The Morgan fingerprint density at radius 1 is 0.974 bits per heavy atom. The summed E-state index contributed by atoms with van der Waals surface area (Å²) in [6.07, 6.45) is 4.77. The molecular weight excluding hydrogens is 488 g/mol. The van der Waals surface area contributed by atoms with Crippen LogP contribution in [-0.2, 0) is 16.0 Å². The van der Waals surface area contributed by atoms with Crippen LogP contribution in [0.25, 0.3) is 0 Å². The number of anilines is 3. The average molecular weight is 529 g/mol. The summed E-state index contributed by atoms with van der Waals surface area (Å²) in [5.74, 6) is 1.20. The lowest BCUT2D eigenvalue weighted by Gasteiger charge is -2.26. The third-order valence-electron chi connectivity index (χ3n) is 5.90. The Morgan fingerprint density at radius 2 is 1.63 bits per heavy atom. The summed E-state index contributed by atoms with van der Waals surface area (Å²) in [7, 11) is 0. The van der Waals surface area contributed by atoms with Crippen molar-refractivity contribution in [3.05, 3.63) is 48.0 Å². The average Bonchev–Trinajstić information content (AvgIpc) is 2.93. The van der Waals surface area contributed by atoms with Crippen molar-refractivity contribution < 1.29 is 19.4 Å². The van der Waals surface area contributed by atoms with Gasteiger partial charge in [-0.3, -0.25) is 4.79 Å². The topological polar surface area (TPSA) is 169 Å². The Labute approximate surface area is 223 Å². The number of nitrogens with one attached hydrogen (secondary N) is 4. The van der Waals surface area contributed by atoms with Crippen molar-refractivity contribution in [3.8, 4) is 0 Å². The van der Waals surface area contributed by atoms with Gasteiger partial charge in [0.15, 0.2) is 0 Å². The van der Waals surface area contributed by atoms with E-state index in [9.17, 15) is 9.90 Å². The highest BCUT2D eigenvalue weighted by Crippen LogP contribution is 2.22. The number of aliphatic hydroxyl groups excluding tert-OH is 1. The minimum Gasteiger partial charge on any atom is -0.393 e. The number of nitrogens with zero attached hydrogens (tertiary/aromatic N) is 3. The lowest BCUT2D eigenvalue weighted by molar-refractivity contribution is 0.0511. The van der Waals surface area contributed by atoms with Crippen molar-refractivity contribution >= 4 is 23.8 Å². The van der Waals surface area contributed by atoms with Crippen LogP contribution in [0.5, 0.6) is 0 Å². The van der Waals surface area contributed by atoms with Crippen LogP contribution < -0.4 is 27.0 Å². The van der Waals surface area contributed by atoms with E-state index in [1.807, 2.05) is 12.1 Å². The SMILES string of the molecule is C=CCNc1nc(NCc2ccc(C(=O)NCCOCCOCCN)cc2)nc(NC2CCC(O)CC2)n1. The van der Waals surface area contributed by atoms with Crippen molar-refractivity contribution in [3.63, 3.8) is 0 Å². The van der Waals surface area contributed by atoms with Crippen LogP contribution in [-0.4, -0.2) is 84.2 Å². The molecule has 38 heavy (non-hydrogen) atoms. The number of amides is 1. The van der Waals surface area contributed by atoms with E-state index in [0.717, 1.165) is 31.2 Å². The van der Waals surface area contributed by atoms with Crippen LogP contribution in [0.4, 0.5) is 17.8 Å². The number of carbonyl (C=O) groups is 1. The molecule has 1 aromatic carbocycles. The highest BCUT2D eigenvalue weighted by Gasteiger charge is 2.20. The van der Waals surface area contributed by atoms with Gasteiger partial charge in [0.25, 0.3) is 5.91 Å². The zero-order chi connectivity index (χ0) is 27.0. The molecule has 1 fully saturated rings. The standard InChI is InChI=1S/C26H40N8O4/c1-2-12-29-24-32-25(34-26(33-24)31-21-7-9-22(35)10-8-21)30-18-19-3-5-20(6-4-19)23(36)28-13-15-38-17-16-37-14-11-27/h2-6,21-22,35H,1,7-18,27H2,(H,28,36)(H3,29,30,31,32,33,34). The maximum absolute atomic E-state index is 12.4. The van der Waals surface area contributed by atoms with Gasteiger partial charge >= 0.3 is 0 Å². The predicted octanol–water partition coefficient (Wildman–Crippen LogP) is 1.52. The summed E-state index contributed by atoms with van der Waals surface area (Å²) < 4.78 is 10.6. The van der Waals surface area contributed by atoms with E-state index in [0.29, 0.717) is 76.0 Å². The lowest BCUT2D eigenvalue weighted by Crippen LogP contribution is -2.29. The third-order valence-corrected chi connectivity index (χ3v) is 5.90. The second-order valence-corrected chi connectivity index (χ2v) is 8.95. The normalized spacial score (nSPS) is 17.0. The van der Waals surface area contributed by atoms with Gasteiger partial charge in [-0.15, -0.1) is 6.58 Å². The zero-order valence-corrected chi connectivity index (χ0v) is 21.8. The summed E-state index contributed by atoms with van der Waals surface area (Å²) in [5.41, 5.74) is 6.89. The fourth-order valence-electron chi connectivity index (χ4n) is 3.86. The molecule has 0 atom stereocenters. The fraction of sp³-hybridized carbons (Fsp3) is 0.538. The van der Waals surface area contributed by atoms with Gasteiger partial charge in [-0.25, -0.2) is 0 Å². The molecule has 0 saturated heterocycles. The number of aliphatic hydroxyl groups is 1. The molecule has 12 nitrogen and oxygen atoms in total. The van der Waals surface area contributed by atoms with E-state index >= 15 is 0 Å². The van der Waals surface area contributed by atoms with Crippen LogP contribution in [0.1, 0.15) is 41.6 Å². The van der Waals surface area contributed by atoms with Gasteiger partial charge in [0.05, 0.1) is 32.5 Å². The molecular formula is C26H40N8O4. The van der Waals surface area contributed by atoms with Gasteiger partial charge in [-0.05, 0) is 43.4 Å². The monoisotopic (exact) mass is 528 g/mol. The third kappa shape index (κ3) is 10.6. The number of aromatic nitrogens is 3. The van der Waals surface area contributed by atoms with E-state index in [1.165, 1.54) is 0 Å². The Morgan fingerprint density at radius 3 is 2.32 bits per heavy atom. The highest BCUT2D eigenvalue weighted by molar-refractivity contribution is 5.94. The van der Waals surface area contributed by atoms with Crippen LogP contribution in [0, 0.1) is 0 Å². The predicted molar refractivity (Wildman–Crippen MR) is 147 cm³/mol. The molecule has 1 aliphatic rings. The number of carbonyl (C=O) groups excluding carboxylic acids is 1. The molecule has 0 radical (unpaired) electrons. The van der Waals surface area contributed by atoms with E-state index in [4.69, 9.17) is 15.2 Å². The molecule has 1 saturated carbocycles. The van der Waals surface area contributed by atoms with Crippen molar-refractivity contribution in [1.29, 1.82) is 0 Å². The van der Waals surface area contributed by atoms with E-state index in [1.54, 1.807) is 18.2 Å². The van der Waals surface area contributed by atoms with Gasteiger partial charge in [-0.2, -0.15) is 15.0 Å². The van der Waals surface area contributed by atoms with Crippen molar-refractivity contribution in [2.24, 2.45) is 5.73 Å². The number of ether oxygens (including phenoxy) is 2. The van der Waals surface area contributed by atoms with Crippen molar-refractivity contribution in [2.75, 3.05) is 62.0 Å². The van der Waals surface area contributed by atoms with Gasteiger partial charge in [-0.1, -0.05) is 18.2 Å². The second-order valence-electron chi connectivity index (χ2n) is 8.95. The molecule has 1 aromatic heterocycles. The first-order valence-corrected chi connectivity index (χ1v) is 13.1. The zero-order valence-electron chi connectivity index (χ0n) is 21.8. The van der Waals surface area contributed by atoms with Crippen LogP contribution >= 0.6 is 0 Å². The van der Waals surface area contributed by atoms with E-state index in [2.05, 4.69) is 42.8 Å². The quantitative estimate of drug-likeness (QED) is 0.130. The molecule has 12 heteroatoms. The van der Waals surface area contributed by atoms with Crippen LogP contribution in [0.3, 0.4) is 0 Å². The van der Waals surface area contributed by atoms with Crippen LogP contribution in [0.2, 0.25) is 0 Å². The fourth-order valence-corrected chi connectivity index (χ4v) is 3.86. The first kappa shape index (κ1) is 29.2. The Kier molecular flexibility index (Phi) is 12.7. The highest BCUT2D eigenvalue weighted by atomic mass is 16.5. The first-order chi connectivity index (χ1) is 18.6. The first-order valence-electron chi connectivity index (χ1n) is 13.1. The van der Waals surface area contributed by atoms with E-state index < -0.39 is 0 Å². The Bertz CT molecular complexity index is 984. The minimum absolute atomic E-state index is 0.158. The molecule has 0 spiro atoms. The van der Waals surface area contributed by atoms with Crippen molar-refractivity contribution in [2.45, 2.75) is 44.4 Å². The van der Waals surface area contributed by atoms with Gasteiger partial charge in [0.2, 0.25) is 17.8 Å². The summed E-state index contributed by atoms with van der Waals surface area (Å²) in [6.45, 7) is 7.50. The summed E-state index contributed by atoms with van der Waals surface area (Å²) in [6, 6.07) is 7.54. The number of hydrogen-bond donors (Lipinski definition) is 6. The number of benzene rings is 1. The molecule has 2 aromatic rings. The molecule has 208 valence electrons. The summed E-state index contributed by atoms with van der Waals surface area (Å²) in [5, 5.41) is 22.3. The maximum Gasteiger partial charge on any atom is 0.251 e. The van der Waals surface area contributed by atoms with Crippen LogP contribution in [0.15, 0.2) is 36.9 Å². The van der Waals surface area contributed by atoms with E-state index in [-0.39, 0.29) is 18.1 Å². The van der Waals surface area contributed by atoms with Crippen molar-refractivity contribution in [1.82, 2.24) is 20.3 Å². The number of rotatable bonds is 17. The molecule has 7 N–H and O–H groups in total. The molecule has 1 aliphatic carbocycles. The summed E-state index contributed by atoms with van der Waals surface area (Å²) in [4.78, 5) is 25.8. The lowest BCUT2D eigenvalue weighted by atomic mass is 9.93. The Balaban J connectivity index is 1.47. The smallest absolute Gasteiger partial charge is 0.251 e. The number of hydrogen-bond acceptors (Lipinski definition) is 11. The minimum atomic E-state index is -0.225. The molecule has 3 rings (SSSR count). The second kappa shape index (κ2) is 16.5. The van der Waals surface area contributed by atoms with Gasteiger partial charge in [0.1, 0.15) is 0 Å². The molecule has 0 bridgehead atoms. The van der Waals surface area contributed by atoms with Gasteiger partial charge in [0, 0.05) is 37.8 Å². The molecule has 0 aliphatic heterocycles. The maximum atomic E-state index is 12.4. The Hall–Kier alpha value is -3.32. The molecule has 0 unspecified atom stereocenters. The largest absolute Gasteiger partial charge is 0.393 e. The number of nitrogens with two attached hydrogens (primary N) is 1. The summed E-state index contributed by atoms with van der Waals surface area (Å²) >= 11 is 0.